The van der Waals surface area contributed by atoms with Crippen molar-refractivity contribution in [2.75, 3.05) is 5.32 Å². The molecule has 3 rings (SSSR count). The zero-order valence-corrected chi connectivity index (χ0v) is 17.2. The Labute approximate surface area is 179 Å². The molecule has 0 spiro atoms. The monoisotopic (exact) mass is 422 g/mol. The second-order valence-electron chi connectivity index (χ2n) is 6.98. The Bertz CT molecular complexity index is 980. The van der Waals surface area contributed by atoms with Crippen molar-refractivity contribution >= 4 is 46.8 Å². The van der Waals surface area contributed by atoms with Crippen LogP contribution in [0.4, 0.5) is 5.69 Å². The fourth-order valence-corrected chi connectivity index (χ4v) is 2.67. The smallest absolute Gasteiger partial charge is 0.269 e. The maximum atomic E-state index is 12.2. The summed E-state index contributed by atoms with van der Waals surface area (Å²) in [4.78, 5) is 35.8. The van der Waals surface area contributed by atoms with E-state index in [2.05, 4.69) is 21.5 Å². The summed E-state index contributed by atoms with van der Waals surface area (Å²) in [5, 5.41) is 5.22. The Kier molecular flexibility index (Phi) is 6.92. The molecule has 0 aliphatic heterocycles. The lowest BCUT2D eigenvalue weighted by atomic mass is 10.1. The number of hydrogen-bond donors (Lipinski definition) is 4. The largest absolute Gasteiger partial charge is 0.326 e. The van der Waals surface area contributed by atoms with Gasteiger partial charge >= 0.3 is 0 Å². The van der Waals surface area contributed by atoms with Crippen LogP contribution in [0, 0.1) is 12.8 Å². The summed E-state index contributed by atoms with van der Waals surface area (Å²) in [5.74, 6) is -0.730. The molecule has 0 aromatic heterocycles. The Morgan fingerprint density at radius 2 is 1.63 bits per heavy atom. The maximum Gasteiger partial charge on any atom is 0.269 e. The summed E-state index contributed by atoms with van der Waals surface area (Å²) < 4.78 is 0. The van der Waals surface area contributed by atoms with Crippen LogP contribution in [0.5, 0.6) is 0 Å². The van der Waals surface area contributed by atoms with Crippen LogP contribution in [-0.4, -0.2) is 22.8 Å². The molecule has 1 aliphatic rings. The van der Waals surface area contributed by atoms with E-state index in [1.165, 1.54) is 6.08 Å². The van der Waals surface area contributed by atoms with Crippen molar-refractivity contribution in [3.05, 3.63) is 71.3 Å². The predicted molar refractivity (Wildman–Crippen MR) is 119 cm³/mol. The molecule has 0 atom stereocenters. The highest BCUT2D eigenvalue weighted by molar-refractivity contribution is 7.80. The summed E-state index contributed by atoms with van der Waals surface area (Å²) in [5.41, 5.74) is 7.94. The zero-order valence-electron chi connectivity index (χ0n) is 16.4. The summed E-state index contributed by atoms with van der Waals surface area (Å²) in [6, 6.07) is 14.2. The molecule has 3 amide bonds. The molecule has 2 aromatic rings. The molecule has 154 valence electrons. The zero-order chi connectivity index (χ0) is 21.5. The first-order valence-electron chi connectivity index (χ1n) is 9.48. The molecule has 0 heterocycles. The number of amides is 3. The van der Waals surface area contributed by atoms with E-state index in [1.54, 1.807) is 30.3 Å². The van der Waals surface area contributed by atoms with Crippen LogP contribution in [0.15, 0.2) is 54.6 Å². The van der Waals surface area contributed by atoms with Crippen LogP contribution in [0.25, 0.3) is 6.08 Å². The third-order valence-electron chi connectivity index (χ3n) is 4.39. The average Bonchev–Trinajstić information content (AvgIpc) is 3.58. The van der Waals surface area contributed by atoms with Gasteiger partial charge in [-0.2, -0.15) is 0 Å². The summed E-state index contributed by atoms with van der Waals surface area (Å²) in [6.07, 6.45) is 4.88. The Hall–Kier alpha value is -3.52. The van der Waals surface area contributed by atoms with Gasteiger partial charge in [-0.1, -0.05) is 29.8 Å². The van der Waals surface area contributed by atoms with E-state index in [0.29, 0.717) is 11.3 Å². The highest BCUT2D eigenvalue weighted by atomic mass is 32.1. The number of rotatable bonds is 5. The molecule has 8 heteroatoms. The molecule has 0 bridgehead atoms. The van der Waals surface area contributed by atoms with Crippen molar-refractivity contribution in [3.63, 3.8) is 0 Å². The van der Waals surface area contributed by atoms with Crippen molar-refractivity contribution in [1.82, 2.24) is 16.2 Å². The standard InChI is InChI=1S/C22H22N4O3S/c1-14-2-4-15(5-3-14)6-13-19(27)24-22(30)26-25-21(29)17-9-11-18(12-10-17)23-20(28)16-7-8-16/h2-6,9-13,16H,7-8H2,1H3,(H,23,28)(H,25,29)(H2,24,26,27,30)/b13-6+. The van der Waals surface area contributed by atoms with Gasteiger partial charge in [-0.25, -0.2) is 0 Å². The van der Waals surface area contributed by atoms with E-state index in [0.717, 1.165) is 24.0 Å². The van der Waals surface area contributed by atoms with Gasteiger partial charge in [0, 0.05) is 23.2 Å². The number of hydrogen-bond acceptors (Lipinski definition) is 4. The minimum atomic E-state index is -0.429. The fourth-order valence-electron chi connectivity index (χ4n) is 2.51. The lowest BCUT2D eigenvalue weighted by Gasteiger charge is -2.10. The quantitative estimate of drug-likeness (QED) is 0.337. The molecule has 0 radical (unpaired) electrons. The number of anilines is 1. The third kappa shape index (κ3) is 6.52. The van der Waals surface area contributed by atoms with Crippen molar-refractivity contribution in [3.8, 4) is 0 Å². The minimum absolute atomic E-state index is 0.00591. The van der Waals surface area contributed by atoms with Gasteiger partial charge in [0.05, 0.1) is 0 Å². The van der Waals surface area contributed by atoms with E-state index < -0.39 is 11.8 Å². The number of thiocarbonyl (C=S) groups is 1. The van der Waals surface area contributed by atoms with E-state index >= 15 is 0 Å². The second kappa shape index (κ2) is 9.80. The van der Waals surface area contributed by atoms with Crippen LogP contribution in [-0.2, 0) is 9.59 Å². The molecule has 7 nitrogen and oxygen atoms in total. The highest BCUT2D eigenvalue weighted by Crippen LogP contribution is 2.30. The number of carbonyl (C=O) groups excluding carboxylic acids is 3. The fraction of sp³-hybridized carbons (Fsp3) is 0.182. The van der Waals surface area contributed by atoms with Gasteiger partial charge in [-0.15, -0.1) is 0 Å². The first kappa shape index (κ1) is 21.2. The highest BCUT2D eigenvalue weighted by Gasteiger charge is 2.29. The van der Waals surface area contributed by atoms with Gasteiger partial charge < -0.3 is 5.32 Å². The van der Waals surface area contributed by atoms with Crippen LogP contribution >= 0.6 is 12.2 Å². The van der Waals surface area contributed by atoms with Crippen molar-refractivity contribution in [1.29, 1.82) is 0 Å². The Balaban J connectivity index is 1.42. The van der Waals surface area contributed by atoms with Gasteiger partial charge in [0.2, 0.25) is 11.8 Å². The van der Waals surface area contributed by atoms with Gasteiger partial charge in [0.15, 0.2) is 5.11 Å². The first-order chi connectivity index (χ1) is 14.4. The van der Waals surface area contributed by atoms with Crippen molar-refractivity contribution in [2.24, 2.45) is 5.92 Å². The Morgan fingerprint density at radius 1 is 0.967 bits per heavy atom. The summed E-state index contributed by atoms with van der Waals surface area (Å²) in [7, 11) is 0. The Morgan fingerprint density at radius 3 is 2.27 bits per heavy atom. The molecule has 0 unspecified atom stereocenters. The van der Waals surface area contributed by atoms with Crippen molar-refractivity contribution < 1.29 is 14.4 Å². The molecule has 2 aromatic carbocycles. The number of aryl methyl sites for hydroxylation is 1. The number of benzene rings is 2. The van der Waals surface area contributed by atoms with Crippen LogP contribution in [0.3, 0.4) is 0 Å². The minimum Gasteiger partial charge on any atom is -0.326 e. The lowest BCUT2D eigenvalue weighted by Crippen LogP contribution is -2.48. The van der Waals surface area contributed by atoms with Crippen LogP contribution in [0.1, 0.15) is 34.3 Å². The van der Waals surface area contributed by atoms with E-state index in [-0.39, 0.29) is 16.9 Å². The third-order valence-corrected chi connectivity index (χ3v) is 4.60. The molecular weight excluding hydrogens is 400 g/mol. The summed E-state index contributed by atoms with van der Waals surface area (Å²) in [6.45, 7) is 1.99. The molecule has 0 saturated heterocycles. The van der Waals surface area contributed by atoms with Gasteiger partial charge in [0.1, 0.15) is 0 Å². The average molecular weight is 423 g/mol. The van der Waals surface area contributed by atoms with Gasteiger partial charge in [-0.05, 0) is 67.9 Å². The van der Waals surface area contributed by atoms with Crippen molar-refractivity contribution in [2.45, 2.75) is 19.8 Å². The van der Waals surface area contributed by atoms with E-state index in [4.69, 9.17) is 12.2 Å². The molecule has 1 aliphatic carbocycles. The normalized spacial score (nSPS) is 12.8. The topological polar surface area (TPSA) is 99.3 Å². The summed E-state index contributed by atoms with van der Waals surface area (Å²) >= 11 is 5.01. The SMILES string of the molecule is Cc1ccc(/C=C/C(=O)NC(=S)NNC(=O)c2ccc(NC(=O)C3CC3)cc2)cc1. The van der Waals surface area contributed by atoms with E-state index in [9.17, 15) is 14.4 Å². The first-order valence-corrected chi connectivity index (χ1v) is 9.88. The number of nitrogens with one attached hydrogen (secondary N) is 4. The van der Waals surface area contributed by atoms with Crippen LogP contribution < -0.4 is 21.5 Å². The van der Waals surface area contributed by atoms with Crippen LogP contribution in [0.2, 0.25) is 0 Å². The van der Waals surface area contributed by atoms with E-state index in [1.807, 2.05) is 31.2 Å². The molecule has 1 saturated carbocycles. The molecule has 30 heavy (non-hydrogen) atoms. The predicted octanol–water partition coefficient (Wildman–Crippen LogP) is 2.69. The number of hydrazine groups is 1. The lowest BCUT2D eigenvalue weighted by molar-refractivity contribution is -0.117. The molecule has 1 fully saturated rings. The van der Waals surface area contributed by atoms with Gasteiger partial charge in [0.25, 0.3) is 5.91 Å². The maximum absolute atomic E-state index is 12.2. The molecular formula is C22H22N4O3S. The number of carbonyl (C=O) groups is 3. The second-order valence-corrected chi connectivity index (χ2v) is 7.39. The van der Waals surface area contributed by atoms with Gasteiger partial charge in [-0.3, -0.25) is 30.6 Å². The molecule has 4 N–H and O–H groups in total.